The maximum atomic E-state index is 12.7. The van der Waals surface area contributed by atoms with Crippen molar-refractivity contribution in [1.82, 2.24) is 20.0 Å². The molecule has 162 valence electrons. The lowest BCUT2D eigenvalue weighted by molar-refractivity contribution is -0.120. The predicted octanol–water partition coefficient (Wildman–Crippen LogP) is 1.26. The molecule has 0 bridgehead atoms. The van der Waals surface area contributed by atoms with Gasteiger partial charge in [-0.2, -0.15) is 5.10 Å². The van der Waals surface area contributed by atoms with Gasteiger partial charge in [-0.15, -0.1) is 0 Å². The van der Waals surface area contributed by atoms with E-state index in [-0.39, 0.29) is 12.5 Å². The van der Waals surface area contributed by atoms with Gasteiger partial charge in [-0.05, 0) is 24.6 Å². The number of nitrogens with one attached hydrogen (secondary N) is 1. The Morgan fingerprint density at radius 2 is 2.03 bits per heavy atom. The van der Waals surface area contributed by atoms with E-state index in [1.54, 1.807) is 22.9 Å². The highest BCUT2D eigenvalue weighted by Gasteiger charge is 2.27. The van der Waals surface area contributed by atoms with Crippen molar-refractivity contribution < 1.29 is 14.3 Å². The Bertz CT molecular complexity index is 849. The van der Waals surface area contributed by atoms with Crippen LogP contribution in [0.2, 0.25) is 0 Å². The van der Waals surface area contributed by atoms with E-state index in [2.05, 4.69) is 10.4 Å². The van der Waals surface area contributed by atoms with Crippen LogP contribution in [0.25, 0.3) is 0 Å². The molecule has 30 heavy (non-hydrogen) atoms. The van der Waals surface area contributed by atoms with Crippen LogP contribution in [-0.4, -0.2) is 73.0 Å². The van der Waals surface area contributed by atoms with E-state index in [4.69, 9.17) is 14.5 Å². The van der Waals surface area contributed by atoms with Crippen molar-refractivity contribution in [2.45, 2.75) is 13.5 Å². The van der Waals surface area contributed by atoms with Crippen LogP contribution in [0, 0.1) is 0 Å². The van der Waals surface area contributed by atoms with E-state index >= 15 is 0 Å². The number of benzene rings is 1. The van der Waals surface area contributed by atoms with Gasteiger partial charge in [0, 0.05) is 40.0 Å². The van der Waals surface area contributed by atoms with Crippen LogP contribution in [0.3, 0.4) is 0 Å². The van der Waals surface area contributed by atoms with Gasteiger partial charge < -0.3 is 24.6 Å². The number of rotatable bonds is 8. The summed E-state index contributed by atoms with van der Waals surface area (Å²) in [5.41, 5.74) is 1.90. The molecule has 1 fully saturated rings. The number of nitrogens with zero attached hydrogens (tertiary/aromatic N) is 5. The molecule has 2 heterocycles. The highest BCUT2D eigenvalue weighted by molar-refractivity contribution is 5.98. The van der Waals surface area contributed by atoms with Crippen LogP contribution in [0.1, 0.15) is 12.5 Å². The molecule has 1 aromatic heterocycles. The van der Waals surface area contributed by atoms with Crippen molar-refractivity contribution in [1.29, 1.82) is 0 Å². The molecule has 0 radical (unpaired) electrons. The summed E-state index contributed by atoms with van der Waals surface area (Å²) in [6.07, 6.45) is 3.57. The molecule has 2 aromatic rings. The first-order chi connectivity index (χ1) is 14.6. The molecule has 1 aliphatic heterocycles. The number of hydrogen-bond donors (Lipinski definition) is 1. The van der Waals surface area contributed by atoms with Crippen molar-refractivity contribution in [3.05, 3.63) is 42.2 Å². The third-order valence-electron chi connectivity index (χ3n) is 4.75. The lowest BCUT2D eigenvalue weighted by Gasteiger charge is -2.35. The van der Waals surface area contributed by atoms with E-state index in [1.165, 1.54) is 0 Å². The molecule has 9 nitrogen and oxygen atoms in total. The minimum Gasteiger partial charge on any atom is -0.491 e. The number of ether oxygens (including phenoxy) is 2. The number of hydrogen-bond acceptors (Lipinski definition) is 5. The van der Waals surface area contributed by atoms with Gasteiger partial charge in [-0.1, -0.05) is 12.1 Å². The zero-order valence-electron chi connectivity index (χ0n) is 17.9. The monoisotopic (exact) mass is 414 g/mol. The fourth-order valence-corrected chi connectivity index (χ4v) is 3.20. The maximum Gasteiger partial charge on any atom is 0.246 e. The highest BCUT2D eigenvalue weighted by Crippen LogP contribution is 2.17. The molecule has 1 N–H and O–H groups in total. The number of amides is 1. The quantitative estimate of drug-likeness (QED) is 0.398. The number of guanidine groups is 1. The Morgan fingerprint density at radius 3 is 2.67 bits per heavy atom. The Morgan fingerprint density at radius 1 is 1.23 bits per heavy atom. The lowest BCUT2D eigenvalue weighted by Crippen LogP contribution is -2.55. The molecule has 0 atom stereocenters. The van der Waals surface area contributed by atoms with E-state index in [9.17, 15) is 4.79 Å². The van der Waals surface area contributed by atoms with Crippen molar-refractivity contribution in [2.75, 3.05) is 51.4 Å². The standard InChI is InChI=1S/C21H30N6O3/c1-4-22-21(23-13-17-5-7-19(8-6-17)30-12-11-29-3)26-9-10-27(20(28)16-26)18-14-24-25(2)15-18/h5-8,14-15H,4,9-13,16H2,1-3H3,(H,22,23). The summed E-state index contributed by atoms with van der Waals surface area (Å²) in [7, 11) is 3.50. The fourth-order valence-electron chi connectivity index (χ4n) is 3.20. The second-order valence-corrected chi connectivity index (χ2v) is 6.99. The van der Waals surface area contributed by atoms with Crippen molar-refractivity contribution in [3.63, 3.8) is 0 Å². The molecule has 0 aliphatic carbocycles. The first kappa shape index (κ1) is 21.6. The van der Waals surface area contributed by atoms with E-state index in [0.717, 1.165) is 29.5 Å². The first-order valence-electron chi connectivity index (χ1n) is 10.1. The number of aromatic nitrogens is 2. The molecule has 0 unspecified atom stereocenters. The maximum absolute atomic E-state index is 12.7. The van der Waals surface area contributed by atoms with Crippen LogP contribution in [0.4, 0.5) is 5.69 Å². The van der Waals surface area contributed by atoms with Crippen LogP contribution in [0.15, 0.2) is 41.7 Å². The van der Waals surface area contributed by atoms with E-state index < -0.39 is 0 Å². The Hall–Kier alpha value is -3.07. The number of carbonyl (C=O) groups is 1. The SMILES string of the molecule is CCNC(=NCc1ccc(OCCOC)cc1)N1CCN(c2cnn(C)c2)C(=O)C1. The van der Waals surface area contributed by atoms with Gasteiger partial charge in [0.15, 0.2) is 5.96 Å². The number of carbonyl (C=O) groups excluding carboxylic acids is 1. The third-order valence-corrected chi connectivity index (χ3v) is 4.75. The molecule has 1 saturated heterocycles. The molecule has 3 rings (SSSR count). The van der Waals surface area contributed by atoms with Gasteiger partial charge in [0.1, 0.15) is 18.9 Å². The molecule has 0 spiro atoms. The largest absolute Gasteiger partial charge is 0.491 e. The Kier molecular flexibility index (Phi) is 7.67. The van der Waals surface area contributed by atoms with E-state index in [0.29, 0.717) is 32.8 Å². The predicted molar refractivity (Wildman–Crippen MR) is 116 cm³/mol. The van der Waals surface area contributed by atoms with Crippen molar-refractivity contribution in [2.24, 2.45) is 12.0 Å². The average molecular weight is 415 g/mol. The van der Waals surface area contributed by atoms with Gasteiger partial charge in [-0.25, -0.2) is 4.99 Å². The molecular weight excluding hydrogens is 384 g/mol. The van der Waals surface area contributed by atoms with Gasteiger partial charge in [0.25, 0.3) is 0 Å². The zero-order chi connectivity index (χ0) is 21.3. The van der Waals surface area contributed by atoms with Crippen LogP contribution < -0.4 is 15.0 Å². The summed E-state index contributed by atoms with van der Waals surface area (Å²) in [4.78, 5) is 21.2. The minimum absolute atomic E-state index is 0.0393. The minimum atomic E-state index is 0.0393. The summed E-state index contributed by atoms with van der Waals surface area (Å²) in [5.74, 6) is 1.60. The lowest BCUT2D eigenvalue weighted by atomic mass is 10.2. The first-order valence-corrected chi connectivity index (χ1v) is 10.1. The molecular formula is C21H30N6O3. The molecule has 1 amide bonds. The number of piperazine rings is 1. The van der Waals surface area contributed by atoms with Gasteiger partial charge in [0.2, 0.25) is 5.91 Å². The summed E-state index contributed by atoms with van der Waals surface area (Å²) in [5, 5.41) is 7.46. The van der Waals surface area contributed by atoms with Gasteiger partial charge >= 0.3 is 0 Å². The molecule has 1 aromatic carbocycles. The normalized spacial score (nSPS) is 14.9. The molecule has 1 aliphatic rings. The Labute approximate surface area is 177 Å². The van der Waals surface area contributed by atoms with E-state index in [1.807, 2.05) is 49.3 Å². The van der Waals surface area contributed by atoms with Gasteiger partial charge in [-0.3, -0.25) is 9.48 Å². The summed E-state index contributed by atoms with van der Waals surface area (Å²) in [6, 6.07) is 7.87. The number of methoxy groups -OCH3 is 1. The van der Waals surface area contributed by atoms with Gasteiger partial charge in [0.05, 0.1) is 25.0 Å². The zero-order valence-corrected chi connectivity index (χ0v) is 17.9. The van der Waals surface area contributed by atoms with Crippen LogP contribution in [0.5, 0.6) is 5.75 Å². The number of aliphatic imine (C=N–C) groups is 1. The second kappa shape index (κ2) is 10.6. The topological polar surface area (TPSA) is 84.2 Å². The molecule has 9 heteroatoms. The van der Waals surface area contributed by atoms with Crippen LogP contribution in [-0.2, 0) is 23.1 Å². The third kappa shape index (κ3) is 5.73. The van der Waals surface area contributed by atoms with Crippen LogP contribution >= 0.6 is 0 Å². The number of anilines is 1. The van der Waals surface area contributed by atoms with Crippen molar-refractivity contribution in [3.8, 4) is 5.75 Å². The van der Waals surface area contributed by atoms with Crippen molar-refractivity contribution >= 4 is 17.6 Å². The smallest absolute Gasteiger partial charge is 0.246 e. The fraction of sp³-hybridized carbons (Fsp3) is 0.476. The summed E-state index contributed by atoms with van der Waals surface area (Å²) in [6.45, 7) is 5.96. The average Bonchev–Trinajstić information content (AvgIpc) is 3.18. The summed E-state index contributed by atoms with van der Waals surface area (Å²) < 4.78 is 12.3. The Balaban J connectivity index is 1.60. The second-order valence-electron chi connectivity index (χ2n) is 6.99. The molecule has 0 saturated carbocycles. The number of aryl methyl sites for hydroxylation is 1. The summed E-state index contributed by atoms with van der Waals surface area (Å²) >= 11 is 0. The highest BCUT2D eigenvalue weighted by atomic mass is 16.5.